The van der Waals surface area contributed by atoms with Crippen LogP contribution in [0.1, 0.15) is 160 Å². The molecule has 6 rings (SSSR count). The van der Waals surface area contributed by atoms with Crippen molar-refractivity contribution in [3.63, 3.8) is 0 Å². The molecular formula is C53H73NO4. The first kappa shape index (κ1) is 43.8. The maximum Gasteiger partial charge on any atom is 0.508 e. The molecule has 58 heavy (non-hydrogen) atoms. The molecule has 8 atom stereocenters. The van der Waals surface area contributed by atoms with E-state index in [9.17, 15) is 4.79 Å². The fraction of sp³-hybridized carbons (Fsp3) is 0.623. The topological polar surface area (TPSA) is 68.6 Å². The number of benzene rings is 2. The molecule has 4 aliphatic carbocycles. The van der Waals surface area contributed by atoms with E-state index in [0.717, 1.165) is 110 Å². The van der Waals surface area contributed by atoms with Crippen LogP contribution in [0.2, 0.25) is 0 Å². The molecule has 0 aromatic heterocycles. The predicted molar refractivity (Wildman–Crippen MR) is 238 cm³/mol. The van der Waals surface area contributed by atoms with Gasteiger partial charge in [0.1, 0.15) is 11.9 Å². The number of carbonyl (C=O) groups is 1. The van der Waals surface area contributed by atoms with Crippen molar-refractivity contribution in [2.75, 3.05) is 13.2 Å². The average Bonchev–Trinajstić information content (AvgIpc) is 3.58. The Balaban J connectivity index is 0.809. The van der Waals surface area contributed by atoms with Crippen molar-refractivity contribution in [1.29, 1.82) is 5.26 Å². The van der Waals surface area contributed by atoms with Gasteiger partial charge in [-0.25, -0.2) is 4.79 Å². The van der Waals surface area contributed by atoms with E-state index in [4.69, 9.17) is 19.5 Å². The molecule has 314 valence electrons. The van der Waals surface area contributed by atoms with Gasteiger partial charge < -0.3 is 14.2 Å². The Kier molecular flexibility index (Phi) is 15.8. The summed E-state index contributed by atoms with van der Waals surface area (Å²) in [5.41, 5.74) is 5.20. The summed E-state index contributed by atoms with van der Waals surface area (Å²) < 4.78 is 17.4. The number of ether oxygens (including phenoxy) is 3. The monoisotopic (exact) mass is 788 g/mol. The molecule has 0 aliphatic heterocycles. The highest BCUT2D eigenvalue weighted by molar-refractivity contribution is 5.60. The number of hydrogen-bond acceptors (Lipinski definition) is 5. The summed E-state index contributed by atoms with van der Waals surface area (Å²) in [6.07, 6.45) is 30.6. The zero-order valence-corrected chi connectivity index (χ0v) is 36.6. The molecule has 0 saturated heterocycles. The fourth-order valence-electron chi connectivity index (χ4n) is 11.9. The number of unbranched alkanes of at least 4 members (excludes halogenated alkanes) is 5. The zero-order valence-electron chi connectivity index (χ0n) is 36.6. The Morgan fingerprint density at radius 2 is 1.47 bits per heavy atom. The lowest BCUT2D eigenvalue weighted by Gasteiger charge is -2.58. The van der Waals surface area contributed by atoms with Crippen LogP contribution in [0.25, 0.3) is 12.2 Å². The quantitative estimate of drug-likeness (QED) is 0.0614. The van der Waals surface area contributed by atoms with Crippen LogP contribution in [0.3, 0.4) is 0 Å². The van der Waals surface area contributed by atoms with E-state index in [1.165, 1.54) is 51.4 Å². The Hall–Kier alpha value is -3.78. The summed E-state index contributed by atoms with van der Waals surface area (Å²) in [7, 11) is 0. The first-order chi connectivity index (χ1) is 28.1. The number of allylic oxidation sites excluding steroid dienone is 3. The van der Waals surface area contributed by atoms with Gasteiger partial charge in [-0.05, 0) is 140 Å². The molecule has 2 aromatic rings. The summed E-state index contributed by atoms with van der Waals surface area (Å²) in [6, 6.07) is 17.9. The Bertz CT molecular complexity index is 1730. The van der Waals surface area contributed by atoms with Crippen molar-refractivity contribution in [2.45, 2.75) is 150 Å². The molecule has 5 nitrogen and oxygen atoms in total. The Morgan fingerprint density at radius 3 is 2.16 bits per heavy atom. The zero-order chi connectivity index (χ0) is 41.0. The maximum absolute atomic E-state index is 12.7. The molecule has 0 heterocycles. The van der Waals surface area contributed by atoms with Crippen LogP contribution >= 0.6 is 0 Å². The number of carbonyl (C=O) groups excluding carboxylic acids is 1. The summed E-state index contributed by atoms with van der Waals surface area (Å²) in [5, 5.41) is 8.93. The number of nitrogens with zero attached hydrogens (tertiary/aromatic N) is 1. The lowest BCUT2D eigenvalue weighted by atomic mass is 9.47. The number of hydrogen-bond donors (Lipinski definition) is 0. The van der Waals surface area contributed by atoms with Gasteiger partial charge in [-0.1, -0.05) is 140 Å². The second-order valence-electron chi connectivity index (χ2n) is 19.4. The van der Waals surface area contributed by atoms with Crippen LogP contribution in [-0.4, -0.2) is 25.5 Å². The molecular weight excluding hydrogens is 715 g/mol. The molecule has 5 heteroatoms. The van der Waals surface area contributed by atoms with Crippen molar-refractivity contribution >= 4 is 18.3 Å². The third-order valence-corrected chi connectivity index (χ3v) is 15.2. The van der Waals surface area contributed by atoms with Gasteiger partial charge >= 0.3 is 6.16 Å². The van der Waals surface area contributed by atoms with E-state index in [2.05, 4.69) is 65.0 Å². The summed E-state index contributed by atoms with van der Waals surface area (Å²) in [4.78, 5) is 12.7. The molecule has 4 aliphatic rings. The van der Waals surface area contributed by atoms with Crippen LogP contribution < -0.4 is 4.74 Å². The smallest absolute Gasteiger partial charge is 0.494 e. The number of rotatable bonds is 19. The molecule has 0 amide bonds. The highest BCUT2D eigenvalue weighted by Gasteiger charge is 2.59. The molecule has 2 aromatic carbocycles. The van der Waals surface area contributed by atoms with E-state index in [0.29, 0.717) is 24.2 Å². The third kappa shape index (κ3) is 11.3. The Morgan fingerprint density at radius 1 is 0.793 bits per heavy atom. The van der Waals surface area contributed by atoms with Gasteiger partial charge in [0.15, 0.2) is 0 Å². The van der Waals surface area contributed by atoms with E-state index in [-0.39, 0.29) is 11.5 Å². The largest absolute Gasteiger partial charge is 0.508 e. The van der Waals surface area contributed by atoms with E-state index >= 15 is 0 Å². The van der Waals surface area contributed by atoms with Crippen molar-refractivity contribution in [1.82, 2.24) is 0 Å². The van der Waals surface area contributed by atoms with Crippen molar-refractivity contribution < 1.29 is 19.0 Å². The van der Waals surface area contributed by atoms with Crippen LogP contribution in [0, 0.1) is 57.7 Å². The minimum Gasteiger partial charge on any atom is -0.494 e. The molecule has 3 fully saturated rings. The molecule has 0 spiro atoms. The molecule has 0 N–H and O–H groups in total. The standard InChI is InChI=1S/C53H73NO4/c1-39(2)15-14-16-40(3)48-29-30-49-47-28-25-44-37-46(31-33-52(44,4)50(47)32-34-53(48,49)5)58-51(55)57-36-13-9-7-6-8-12-35-56-45-26-23-42(24-27-45)18-11-10-17-41-19-21-43(38-54)22-20-41/h10-11,17-27,39-40,46-50H,6-9,12-16,28-37H2,1-5H3/b17-10+,18-11+/t40-,46+,47+,48-,49+,50+,52+,53-/m1/s1. The Labute approximate surface area is 351 Å². The van der Waals surface area contributed by atoms with Gasteiger partial charge in [0.2, 0.25) is 0 Å². The van der Waals surface area contributed by atoms with Crippen molar-refractivity contribution in [3.05, 3.63) is 89.0 Å². The van der Waals surface area contributed by atoms with Gasteiger partial charge in [-0.2, -0.15) is 5.26 Å². The minimum atomic E-state index is -0.478. The molecule has 0 unspecified atom stereocenters. The van der Waals surface area contributed by atoms with Crippen molar-refractivity contribution in [2.24, 2.45) is 46.3 Å². The molecule has 3 saturated carbocycles. The lowest BCUT2D eigenvalue weighted by molar-refractivity contribution is -0.0617. The van der Waals surface area contributed by atoms with E-state index in [1.807, 2.05) is 54.6 Å². The summed E-state index contributed by atoms with van der Waals surface area (Å²) >= 11 is 0. The predicted octanol–water partition coefficient (Wildman–Crippen LogP) is 14.6. The van der Waals surface area contributed by atoms with Gasteiger partial charge in [0.25, 0.3) is 0 Å². The lowest BCUT2D eigenvalue weighted by Crippen LogP contribution is -2.51. The van der Waals surface area contributed by atoms with Crippen LogP contribution in [-0.2, 0) is 9.47 Å². The fourth-order valence-corrected chi connectivity index (χ4v) is 11.9. The highest BCUT2D eigenvalue weighted by atomic mass is 16.7. The SMILES string of the molecule is CC(C)CCC[C@@H](C)[C@H]1CC[C@H]2[C@@H]3CC=C4C[C@@H](OC(=O)OCCCCCCCCOc5ccc(/C=C/C=C/c6ccc(C#N)cc6)cc5)CC[C@]4(C)[C@H]3CC[C@]12C. The highest BCUT2D eigenvalue weighted by Crippen LogP contribution is 2.67. The molecule has 0 bridgehead atoms. The van der Waals surface area contributed by atoms with Gasteiger partial charge in [-0.3, -0.25) is 0 Å². The third-order valence-electron chi connectivity index (χ3n) is 15.2. The molecule has 0 radical (unpaired) electrons. The van der Waals surface area contributed by atoms with E-state index in [1.54, 1.807) is 5.57 Å². The van der Waals surface area contributed by atoms with Crippen molar-refractivity contribution in [3.8, 4) is 11.8 Å². The van der Waals surface area contributed by atoms with E-state index < -0.39 is 6.16 Å². The van der Waals surface area contributed by atoms with Crippen LogP contribution in [0.5, 0.6) is 5.75 Å². The van der Waals surface area contributed by atoms with Gasteiger partial charge in [0, 0.05) is 6.42 Å². The minimum absolute atomic E-state index is 0.0498. The first-order valence-electron chi connectivity index (χ1n) is 23.2. The van der Waals surface area contributed by atoms with Crippen LogP contribution in [0.4, 0.5) is 4.79 Å². The average molecular weight is 788 g/mol. The first-order valence-corrected chi connectivity index (χ1v) is 23.2. The van der Waals surface area contributed by atoms with Gasteiger partial charge in [0.05, 0.1) is 24.8 Å². The maximum atomic E-state index is 12.7. The second kappa shape index (κ2) is 21.0. The van der Waals surface area contributed by atoms with Gasteiger partial charge in [-0.15, -0.1) is 0 Å². The number of nitriles is 1. The second-order valence-corrected chi connectivity index (χ2v) is 19.4. The normalized spacial score (nSPS) is 28.4. The summed E-state index contributed by atoms with van der Waals surface area (Å²) in [6.45, 7) is 13.7. The summed E-state index contributed by atoms with van der Waals surface area (Å²) in [5.74, 6) is 5.94. The number of fused-ring (bicyclic) bond motifs is 5. The van der Waals surface area contributed by atoms with Crippen LogP contribution in [0.15, 0.2) is 72.3 Å².